The van der Waals surface area contributed by atoms with Crippen LogP contribution in [-0.4, -0.2) is 13.0 Å². The van der Waals surface area contributed by atoms with Crippen molar-refractivity contribution in [3.63, 3.8) is 0 Å². The normalized spacial score (nSPS) is 10.5. The molecule has 0 saturated heterocycles. The fourth-order valence-corrected chi connectivity index (χ4v) is 2.00. The Morgan fingerprint density at radius 3 is 2.10 bits per heavy atom. The summed E-state index contributed by atoms with van der Waals surface area (Å²) in [4.78, 5) is -0.178. The zero-order chi connectivity index (χ0) is 16.0. The first kappa shape index (κ1) is 17.1. The van der Waals surface area contributed by atoms with Crippen LogP contribution in [-0.2, 0) is 17.2 Å². The van der Waals surface area contributed by atoms with E-state index in [0.29, 0.717) is 0 Å². The van der Waals surface area contributed by atoms with E-state index in [-0.39, 0.29) is 4.90 Å². The fraction of sp³-hybridized carbons (Fsp3) is 0.188. The molecule has 1 aromatic heterocycles. The van der Waals surface area contributed by atoms with E-state index in [0.717, 1.165) is 11.1 Å². The molecule has 21 heavy (non-hydrogen) atoms. The van der Waals surface area contributed by atoms with Crippen LogP contribution in [0.5, 0.6) is 0 Å². The van der Waals surface area contributed by atoms with E-state index in [2.05, 4.69) is 36.4 Å². The van der Waals surface area contributed by atoms with Crippen molar-refractivity contribution in [2.24, 2.45) is 7.05 Å². The van der Waals surface area contributed by atoms with Gasteiger partial charge in [0.15, 0.2) is 11.9 Å². The first-order valence-corrected chi connectivity index (χ1v) is 7.76. The number of aromatic nitrogens is 1. The minimum atomic E-state index is -4.27. The van der Waals surface area contributed by atoms with Crippen molar-refractivity contribution in [2.75, 3.05) is 0 Å². The molecule has 0 atom stereocenters. The van der Waals surface area contributed by atoms with E-state index >= 15 is 0 Å². The summed E-state index contributed by atoms with van der Waals surface area (Å²) in [6, 6.07) is 9.92. The molecule has 1 aromatic carbocycles. The van der Waals surface area contributed by atoms with Crippen molar-refractivity contribution in [2.45, 2.75) is 18.7 Å². The number of aryl methyl sites for hydroxylation is 3. The molecule has 4 nitrogen and oxygen atoms in total. The Morgan fingerprint density at radius 1 is 1.10 bits per heavy atom. The number of nitrogens with zero attached hydrogens (tertiary/aromatic N) is 1. The van der Waals surface area contributed by atoms with E-state index < -0.39 is 10.1 Å². The second-order valence-electron chi connectivity index (χ2n) is 4.69. The van der Waals surface area contributed by atoms with Crippen LogP contribution in [0.1, 0.15) is 16.8 Å². The van der Waals surface area contributed by atoms with Crippen LogP contribution >= 0.6 is 0 Å². The Balaban J connectivity index is 0.000000211. The predicted octanol–water partition coefficient (Wildman–Crippen LogP) is 2.36. The summed E-state index contributed by atoms with van der Waals surface area (Å²) in [5, 5.41) is 0. The Morgan fingerprint density at radius 2 is 1.67 bits per heavy atom. The fourth-order valence-electron chi connectivity index (χ4n) is 1.53. The van der Waals surface area contributed by atoms with Gasteiger partial charge in [0.25, 0.3) is 0 Å². The van der Waals surface area contributed by atoms with E-state index in [1.807, 2.05) is 20.0 Å². The van der Waals surface area contributed by atoms with Gasteiger partial charge in [-0.15, -0.1) is 0 Å². The molecule has 0 fully saturated rings. The summed E-state index contributed by atoms with van der Waals surface area (Å²) in [6.07, 6.45) is 3.90. The van der Waals surface area contributed by atoms with Gasteiger partial charge in [0, 0.05) is 18.6 Å². The van der Waals surface area contributed by atoms with Gasteiger partial charge in [0.05, 0.1) is 4.90 Å². The van der Waals surface area contributed by atoms with E-state index in [1.165, 1.54) is 17.8 Å². The SMILES string of the molecule is C=Cc1ccc(C)[n+](C)c1.Cc1ccc(S(=O)(=O)[O-])cc1. The van der Waals surface area contributed by atoms with Crippen LogP contribution in [0.25, 0.3) is 6.08 Å². The van der Waals surface area contributed by atoms with Crippen LogP contribution in [0.2, 0.25) is 0 Å². The van der Waals surface area contributed by atoms with Crippen LogP contribution in [0.3, 0.4) is 0 Å². The highest BCUT2D eigenvalue weighted by Gasteiger charge is 1.98. The summed E-state index contributed by atoms with van der Waals surface area (Å²) in [5.41, 5.74) is 3.34. The highest BCUT2D eigenvalue weighted by Crippen LogP contribution is 2.08. The van der Waals surface area contributed by atoms with Gasteiger partial charge < -0.3 is 4.55 Å². The summed E-state index contributed by atoms with van der Waals surface area (Å²) >= 11 is 0. The third-order valence-corrected chi connectivity index (χ3v) is 3.81. The summed E-state index contributed by atoms with van der Waals surface area (Å²) < 4.78 is 33.2. The summed E-state index contributed by atoms with van der Waals surface area (Å²) in [5.74, 6) is 0. The predicted molar refractivity (Wildman–Crippen MR) is 81.6 cm³/mol. The van der Waals surface area contributed by atoms with Crippen LogP contribution in [0.15, 0.2) is 54.1 Å². The highest BCUT2D eigenvalue weighted by molar-refractivity contribution is 7.85. The van der Waals surface area contributed by atoms with Gasteiger partial charge in [0.2, 0.25) is 0 Å². The monoisotopic (exact) mass is 305 g/mol. The van der Waals surface area contributed by atoms with E-state index in [4.69, 9.17) is 0 Å². The molecule has 1 heterocycles. The molecular weight excluding hydrogens is 286 g/mol. The van der Waals surface area contributed by atoms with Gasteiger partial charge in [-0.3, -0.25) is 0 Å². The van der Waals surface area contributed by atoms with E-state index in [1.54, 1.807) is 12.1 Å². The minimum absolute atomic E-state index is 0.178. The number of hydrogen-bond acceptors (Lipinski definition) is 3. The third-order valence-electron chi connectivity index (χ3n) is 2.96. The van der Waals surface area contributed by atoms with Gasteiger partial charge in [-0.1, -0.05) is 30.4 Å². The molecule has 0 saturated carbocycles. The van der Waals surface area contributed by atoms with Crippen molar-refractivity contribution in [3.8, 4) is 0 Å². The molecule has 0 aliphatic rings. The van der Waals surface area contributed by atoms with E-state index in [9.17, 15) is 13.0 Å². The summed E-state index contributed by atoms with van der Waals surface area (Å²) in [7, 11) is -2.24. The maximum atomic E-state index is 10.4. The Labute approximate surface area is 126 Å². The lowest BCUT2D eigenvalue weighted by Gasteiger charge is -2.05. The standard InChI is InChI=1S/C9H12N.C7H8O3S/c1-4-9-6-5-8(2)10(3)7-9;1-6-2-4-7(5-3-6)11(8,9)10/h4-7H,1H2,2-3H3;2-5H,1H3,(H,8,9,10)/q+1;/p-1. The zero-order valence-corrected chi connectivity index (χ0v) is 13.2. The highest BCUT2D eigenvalue weighted by atomic mass is 32.2. The molecule has 112 valence electrons. The molecule has 0 aliphatic heterocycles. The van der Waals surface area contributed by atoms with Gasteiger partial charge in [0.1, 0.15) is 17.2 Å². The Hall–Kier alpha value is -1.98. The Kier molecular flexibility index (Phi) is 5.81. The molecule has 0 bridgehead atoms. The number of pyridine rings is 1. The lowest BCUT2D eigenvalue weighted by molar-refractivity contribution is -0.677. The second-order valence-corrected chi connectivity index (χ2v) is 6.07. The lowest BCUT2D eigenvalue weighted by atomic mass is 10.2. The molecule has 0 N–H and O–H groups in total. The average molecular weight is 305 g/mol. The van der Waals surface area contributed by atoms with Crippen molar-refractivity contribution in [3.05, 3.63) is 66.0 Å². The lowest BCUT2D eigenvalue weighted by Crippen LogP contribution is -2.31. The maximum absolute atomic E-state index is 10.4. The van der Waals surface area contributed by atoms with Crippen LogP contribution < -0.4 is 4.57 Å². The average Bonchev–Trinajstić information content (AvgIpc) is 2.42. The van der Waals surface area contributed by atoms with Crippen LogP contribution in [0, 0.1) is 13.8 Å². The topological polar surface area (TPSA) is 61.1 Å². The maximum Gasteiger partial charge on any atom is 0.177 e. The van der Waals surface area contributed by atoms with Gasteiger partial charge in [-0.05, 0) is 25.1 Å². The molecule has 0 aliphatic carbocycles. The molecule has 2 rings (SSSR count). The molecule has 0 radical (unpaired) electrons. The largest absolute Gasteiger partial charge is 0.744 e. The molecular formula is C16H19NO3S. The van der Waals surface area contributed by atoms with Crippen molar-refractivity contribution in [1.29, 1.82) is 0 Å². The number of hydrogen-bond donors (Lipinski definition) is 0. The zero-order valence-electron chi connectivity index (χ0n) is 12.4. The molecule has 0 amide bonds. The van der Waals surface area contributed by atoms with Crippen molar-refractivity contribution >= 4 is 16.2 Å². The summed E-state index contributed by atoms with van der Waals surface area (Å²) in [6.45, 7) is 7.59. The third kappa shape index (κ3) is 5.49. The van der Waals surface area contributed by atoms with Crippen molar-refractivity contribution < 1.29 is 17.5 Å². The molecule has 0 spiro atoms. The van der Waals surface area contributed by atoms with Crippen molar-refractivity contribution in [1.82, 2.24) is 0 Å². The van der Waals surface area contributed by atoms with Crippen LogP contribution in [0.4, 0.5) is 0 Å². The smallest absolute Gasteiger partial charge is 0.177 e. The Bertz CT molecular complexity index is 720. The number of rotatable bonds is 2. The quantitative estimate of drug-likeness (QED) is 0.632. The van der Waals surface area contributed by atoms with Gasteiger partial charge in [-0.2, -0.15) is 0 Å². The molecule has 2 aromatic rings. The molecule has 5 heteroatoms. The first-order chi connectivity index (χ1) is 9.74. The second kappa shape index (κ2) is 7.15. The molecule has 0 unspecified atom stereocenters. The van der Waals surface area contributed by atoms with Gasteiger partial charge >= 0.3 is 0 Å². The minimum Gasteiger partial charge on any atom is -0.744 e. The van der Waals surface area contributed by atoms with Gasteiger partial charge in [-0.25, -0.2) is 13.0 Å². The first-order valence-electron chi connectivity index (χ1n) is 6.35. The number of benzene rings is 1.